The van der Waals surface area contributed by atoms with Crippen molar-refractivity contribution in [1.29, 1.82) is 0 Å². The third kappa shape index (κ3) is 15.4. The minimum absolute atomic E-state index is 0.631. The highest BCUT2D eigenvalue weighted by Crippen LogP contribution is 2.08. The van der Waals surface area contributed by atoms with E-state index in [1.165, 1.54) is 5.70 Å². The molecule has 0 aliphatic rings. The number of nitrogens with zero attached hydrogens (tertiary/aromatic N) is 1. The molecule has 0 rings (SSSR count). The van der Waals surface area contributed by atoms with E-state index in [9.17, 15) is 0 Å². The topological polar surface area (TPSA) is 40.2 Å². The van der Waals surface area contributed by atoms with Crippen LogP contribution >= 0.6 is 0 Å². The predicted molar refractivity (Wildman–Crippen MR) is 109 cm³/mol. The molecule has 154 valence electrons. The van der Waals surface area contributed by atoms with Crippen LogP contribution < -0.4 is 0 Å². The van der Waals surface area contributed by atoms with Crippen LogP contribution in [0.4, 0.5) is 0 Å². The van der Waals surface area contributed by atoms with Gasteiger partial charge in [-0.1, -0.05) is 26.0 Å². The lowest BCUT2D eigenvalue weighted by atomic mass is 10.2. The molecule has 0 bridgehead atoms. The molecule has 0 amide bonds. The molecule has 26 heavy (non-hydrogen) atoms. The maximum Gasteiger partial charge on any atom is 0.0701 e. The smallest absolute Gasteiger partial charge is 0.0701 e. The van der Waals surface area contributed by atoms with Gasteiger partial charge < -0.3 is 23.8 Å². The van der Waals surface area contributed by atoms with Crippen molar-refractivity contribution in [2.45, 2.75) is 47.0 Å². The average molecular weight is 372 g/mol. The first kappa shape index (κ1) is 25.1. The quantitative estimate of drug-likeness (QED) is 0.253. The Balaban J connectivity index is 4.10. The summed E-state index contributed by atoms with van der Waals surface area (Å²) in [5.74, 6) is 0. The predicted octanol–water partition coefficient (Wildman–Crippen LogP) is 4.04. The van der Waals surface area contributed by atoms with E-state index in [1.54, 1.807) is 0 Å². The Kier molecular flexibility index (Phi) is 19.7. The van der Waals surface area contributed by atoms with E-state index in [1.807, 2.05) is 13.8 Å². The first-order valence-corrected chi connectivity index (χ1v) is 10.2. The van der Waals surface area contributed by atoms with Gasteiger partial charge in [-0.3, -0.25) is 0 Å². The van der Waals surface area contributed by atoms with Crippen molar-refractivity contribution < 1.29 is 18.9 Å². The van der Waals surface area contributed by atoms with Gasteiger partial charge in [0.2, 0.25) is 0 Å². The number of hydrogen-bond acceptors (Lipinski definition) is 5. The third-order valence-electron chi connectivity index (χ3n) is 3.67. The summed E-state index contributed by atoms with van der Waals surface area (Å²) in [5.41, 5.74) is 1.25. The summed E-state index contributed by atoms with van der Waals surface area (Å²) in [6.45, 7) is 15.8. The first-order valence-electron chi connectivity index (χ1n) is 10.2. The number of hydrogen-bond donors (Lipinski definition) is 0. The molecule has 0 aliphatic carbocycles. The second kappa shape index (κ2) is 20.4. The maximum absolute atomic E-state index is 5.74. The lowest BCUT2D eigenvalue weighted by molar-refractivity contribution is 0.0303. The van der Waals surface area contributed by atoms with Crippen molar-refractivity contribution in [3.05, 3.63) is 23.9 Å². The lowest BCUT2D eigenvalue weighted by Gasteiger charge is -2.26. The van der Waals surface area contributed by atoms with Crippen LogP contribution in [0.2, 0.25) is 0 Å². The molecule has 0 heterocycles. The van der Waals surface area contributed by atoms with Gasteiger partial charge in [0.15, 0.2) is 0 Å². The Morgan fingerprint density at radius 1 is 0.692 bits per heavy atom. The molecule has 0 fully saturated rings. The van der Waals surface area contributed by atoms with Gasteiger partial charge in [-0.05, 0) is 39.2 Å². The van der Waals surface area contributed by atoms with Crippen molar-refractivity contribution in [2.75, 3.05) is 65.9 Å². The van der Waals surface area contributed by atoms with Crippen molar-refractivity contribution in [1.82, 2.24) is 4.90 Å². The number of ether oxygens (including phenoxy) is 4. The van der Waals surface area contributed by atoms with Crippen LogP contribution in [0.1, 0.15) is 47.0 Å². The molecule has 0 spiro atoms. The molecule has 0 atom stereocenters. The third-order valence-corrected chi connectivity index (χ3v) is 3.67. The van der Waals surface area contributed by atoms with Crippen LogP contribution in [-0.4, -0.2) is 70.8 Å². The standard InChI is InChI=1S/C21H41NO4/c1-5-9-12-21(11-6-2)22(13-17-24-8-4)14-18-26-20-19-25-16-10-15-23-7-3/h9,11-12H,5-8,10,13-20H2,1-4H3/b12-9-,21-11+. The van der Waals surface area contributed by atoms with Crippen LogP contribution in [0, 0.1) is 0 Å². The Morgan fingerprint density at radius 2 is 1.27 bits per heavy atom. The van der Waals surface area contributed by atoms with Crippen molar-refractivity contribution >= 4 is 0 Å². The summed E-state index contributed by atoms with van der Waals surface area (Å²) in [6, 6.07) is 0. The molecule has 0 aromatic heterocycles. The second-order valence-corrected chi connectivity index (χ2v) is 5.81. The van der Waals surface area contributed by atoms with Gasteiger partial charge in [0.25, 0.3) is 0 Å². The largest absolute Gasteiger partial charge is 0.382 e. The van der Waals surface area contributed by atoms with Gasteiger partial charge in [-0.2, -0.15) is 0 Å². The zero-order chi connectivity index (χ0) is 19.3. The van der Waals surface area contributed by atoms with Crippen LogP contribution in [-0.2, 0) is 18.9 Å². The van der Waals surface area contributed by atoms with Gasteiger partial charge in [0.1, 0.15) is 0 Å². The molecule has 0 radical (unpaired) electrons. The fourth-order valence-corrected chi connectivity index (χ4v) is 2.34. The fraction of sp³-hybridized carbons (Fsp3) is 0.810. The molecule has 0 saturated heterocycles. The van der Waals surface area contributed by atoms with Crippen LogP contribution in [0.3, 0.4) is 0 Å². The van der Waals surface area contributed by atoms with Gasteiger partial charge in [-0.15, -0.1) is 0 Å². The highest BCUT2D eigenvalue weighted by Gasteiger charge is 2.07. The monoisotopic (exact) mass is 371 g/mol. The van der Waals surface area contributed by atoms with Gasteiger partial charge in [-0.25, -0.2) is 0 Å². The summed E-state index contributed by atoms with van der Waals surface area (Å²) in [7, 11) is 0. The maximum atomic E-state index is 5.74. The Bertz CT molecular complexity index is 345. The summed E-state index contributed by atoms with van der Waals surface area (Å²) in [6.07, 6.45) is 9.67. The summed E-state index contributed by atoms with van der Waals surface area (Å²) < 4.78 is 22.1. The highest BCUT2D eigenvalue weighted by atomic mass is 16.5. The summed E-state index contributed by atoms with van der Waals surface area (Å²) in [5, 5.41) is 0. The molecule has 0 aliphatic heterocycles. The molecule has 0 aromatic rings. The molecule has 5 nitrogen and oxygen atoms in total. The molecule has 0 N–H and O–H groups in total. The molecule has 5 heteroatoms. The first-order chi connectivity index (χ1) is 12.8. The van der Waals surface area contributed by atoms with E-state index < -0.39 is 0 Å². The van der Waals surface area contributed by atoms with Crippen LogP contribution in [0.15, 0.2) is 23.9 Å². The van der Waals surface area contributed by atoms with Crippen LogP contribution in [0.5, 0.6) is 0 Å². The average Bonchev–Trinajstić information content (AvgIpc) is 2.65. The van der Waals surface area contributed by atoms with E-state index in [4.69, 9.17) is 18.9 Å². The van der Waals surface area contributed by atoms with Gasteiger partial charge >= 0.3 is 0 Å². The van der Waals surface area contributed by atoms with Gasteiger partial charge in [0, 0.05) is 45.2 Å². The number of allylic oxidation sites excluding steroid dienone is 3. The normalized spacial score (nSPS) is 12.2. The summed E-state index contributed by atoms with van der Waals surface area (Å²) >= 11 is 0. The van der Waals surface area contributed by atoms with E-state index in [2.05, 4.69) is 37.0 Å². The van der Waals surface area contributed by atoms with Gasteiger partial charge in [0.05, 0.1) is 26.4 Å². The minimum atomic E-state index is 0.631. The Labute approximate surface area is 161 Å². The van der Waals surface area contributed by atoms with Crippen molar-refractivity contribution in [3.8, 4) is 0 Å². The van der Waals surface area contributed by atoms with E-state index in [0.717, 1.165) is 65.4 Å². The minimum Gasteiger partial charge on any atom is -0.382 e. The molecule has 0 saturated carbocycles. The zero-order valence-electron chi connectivity index (χ0n) is 17.5. The van der Waals surface area contributed by atoms with Crippen molar-refractivity contribution in [2.24, 2.45) is 0 Å². The summed E-state index contributed by atoms with van der Waals surface area (Å²) in [4.78, 5) is 2.34. The van der Waals surface area contributed by atoms with E-state index in [0.29, 0.717) is 19.8 Å². The zero-order valence-corrected chi connectivity index (χ0v) is 17.5. The SMILES string of the molecule is CC/C=C\C(=C/CC)N(CCOCC)CCOCCOCCCOCC. The highest BCUT2D eigenvalue weighted by molar-refractivity contribution is 5.17. The Hall–Kier alpha value is -0.880. The number of rotatable bonds is 19. The second-order valence-electron chi connectivity index (χ2n) is 5.81. The molecule has 0 aromatic carbocycles. The fourth-order valence-electron chi connectivity index (χ4n) is 2.34. The van der Waals surface area contributed by atoms with Crippen molar-refractivity contribution in [3.63, 3.8) is 0 Å². The van der Waals surface area contributed by atoms with E-state index in [-0.39, 0.29) is 0 Å². The molecular weight excluding hydrogens is 330 g/mol. The molecule has 0 unspecified atom stereocenters. The van der Waals surface area contributed by atoms with E-state index >= 15 is 0 Å². The molecular formula is C21H41NO4. The van der Waals surface area contributed by atoms with Crippen LogP contribution in [0.25, 0.3) is 0 Å². The lowest BCUT2D eigenvalue weighted by Crippen LogP contribution is -2.30. The Morgan fingerprint density at radius 3 is 1.88 bits per heavy atom.